The van der Waals surface area contributed by atoms with Crippen LogP contribution in [0.4, 0.5) is 10.1 Å². The van der Waals surface area contributed by atoms with Crippen molar-refractivity contribution in [1.29, 1.82) is 0 Å². The first-order valence-corrected chi connectivity index (χ1v) is 8.11. The highest BCUT2D eigenvalue weighted by atomic mass is 32.2. The Morgan fingerprint density at radius 1 is 1.35 bits per heavy atom. The van der Waals surface area contributed by atoms with Crippen LogP contribution in [0.15, 0.2) is 33.7 Å². The van der Waals surface area contributed by atoms with Crippen LogP contribution < -0.4 is 5.32 Å². The van der Waals surface area contributed by atoms with Crippen LogP contribution in [0.3, 0.4) is 0 Å². The summed E-state index contributed by atoms with van der Waals surface area (Å²) in [6.45, 7) is 2.50. The Hall–Kier alpha value is -2.26. The monoisotopic (exact) mass is 341 g/mol. The molecule has 0 bridgehead atoms. The Kier molecular flexibility index (Phi) is 4.81. The maximum absolute atomic E-state index is 13.5. The van der Waals surface area contributed by atoms with Crippen LogP contribution >= 0.6 is 0 Å². The molecule has 1 amide bonds. The number of halogens is 1. The van der Waals surface area contributed by atoms with Gasteiger partial charge in [0.05, 0.1) is 12.2 Å². The van der Waals surface area contributed by atoms with Crippen LogP contribution in [0.5, 0.6) is 0 Å². The molecule has 0 aliphatic heterocycles. The van der Waals surface area contributed by atoms with Crippen molar-refractivity contribution in [3.8, 4) is 0 Å². The zero-order valence-corrected chi connectivity index (χ0v) is 13.6. The average Bonchev–Trinajstić information content (AvgIpc) is 2.81. The van der Waals surface area contributed by atoms with Gasteiger partial charge < -0.3 is 9.84 Å². The third-order valence-corrected chi connectivity index (χ3v) is 5.20. The second kappa shape index (κ2) is 6.47. The molecule has 0 radical (unpaired) electrons. The molecule has 0 atom stereocenters. The maximum Gasteiger partial charge on any atom is 0.248 e. The van der Waals surface area contributed by atoms with E-state index in [4.69, 9.17) is 4.52 Å². The van der Waals surface area contributed by atoms with E-state index < -0.39 is 28.3 Å². The van der Waals surface area contributed by atoms with Crippen LogP contribution in [0.1, 0.15) is 11.5 Å². The predicted octanol–water partition coefficient (Wildman–Crippen LogP) is 1.69. The van der Waals surface area contributed by atoms with Gasteiger partial charge in [0.25, 0.3) is 0 Å². The molecular weight excluding hydrogens is 325 g/mol. The molecule has 1 aromatic heterocycles. The second-order valence-corrected chi connectivity index (χ2v) is 6.92. The zero-order chi connectivity index (χ0) is 17.2. The molecule has 2 aromatic rings. The van der Waals surface area contributed by atoms with E-state index in [1.54, 1.807) is 6.07 Å². The fourth-order valence-corrected chi connectivity index (χ4v) is 3.45. The van der Waals surface area contributed by atoms with Crippen molar-refractivity contribution < 1.29 is 22.1 Å². The summed E-state index contributed by atoms with van der Waals surface area (Å²) in [4.78, 5) is 11.9. The van der Waals surface area contributed by atoms with Crippen LogP contribution in [-0.2, 0) is 14.8 Å². The van der Waals surface area contributed by atoms with Crippen LogP contribution in [0.25, 0.3) is 0 Å². The van der Waals surface area contributed by atoms with Gasteiger partial charge >= 0.3 is 0 Å². The number of carbonyl (C=O) groups is 1. The van der Waals surface area contributed by atoms with Crippen molar-refractivity contribution in [2.24, 2.45) is 0 Å². The lowest BCUT2D eigenvalue weighted by Crippen LogP contribution is -2.35. The lowest BCUT2D eigenvalue weighted by atomic mass is 10.3. The molecule has 0 saturated carbocycles. The first kappa shape index (κ1) is 17.1. The van der Waals surface area contributed by atoms with Gasteiger partial charge in [-0.2, -0.15) is 4.31 Å². The third kappa shape index (κ3) is 3.57. The van der Waals surface area contributed by atoms with E-state index in [9.17, 15) is 17.6 Å². The largest absolute Gasteiger partial charge is 0.360 e. The van der Waals surface area contributed by atoms with Gasteiger partial charge in [0.1, 0.15) is 16.4 Å². The molecule has 0 aliphatic rings. The molecule has 0 unspecified atom stereocenters. The van der Waals surface area contributed by atoms with Gasteiger partial charge in [-0.15, -0.1) is 0 Å². The Balaban J connectivity index is 2.14. The van der Waals surface area contributed by atoms with Crippen LogP contribution in [0.2, 0.25) is 0 Å². The number of aromatic nitrogens is 1. The van der Waals surface area contributed by atoms with Gasteiger partial charge in [-0.1, -0.05) is 17.3 Å². The van der Waals surface area contributed by atoms with Crippen molar-refractivity contribution in [2.75, 3.05) is 18.9 Å². The number of likely N-dealkylation sites (N-methyl/N-ethyl adjacent to an activating group) is 1. The topological polar surface area (TPSA) is 92.5 Å². The third-order valence-electron chi connectivity index (χ3n) is 3.15. The Morgan fingerprint density at radius 3 is 2.57 bits per heavy atom. The predicted molar refractivity (Wildman–Crippen MR) is 80.8 cm³/mol. The summed E-state index contributed by atoms with van der Waals surface area (Å²) in [5, 5.41) is 5.92. The van der Waals surface area contributed by atoms with Gasteiger partial charge in [0.2, 0.25) is 15.9 Å². The van der Waals surface area contributed by atoms with Gasteiger partial charge in [0, 0.05) is 7.05 Å². The van der Waals surface area contributed by atoms with Crippen molar-refractivity contribution in [2.45, 2.75) is 18.7 Å². The number of amides is 1. The number of nitrogens with one attached hydrogen (secondary N) is 1. The average molecular weight is 341 g/mol. The minimum absolute atomic E-state index is 0.0133. The number of aryl methyl sites for hydroxylation is 2. The van der Waals surface area contributed by atoms with E-state index in [1.165, 1.54) is 39.1 Å². The highest BCUT2D eigenvalue weighted by Gasteiger charge is 2.29. The molecule has 23 heavy (non-hydrogen) atoms. The smallest absolute Gasteiger partial charge is 0.248 e. The normalized spacial score (nSPS) is 11.7. The summed E-state index contributed by atoms with van der Waals surface area (Å²) in [5.74, 6) is -1.12. The molecule has 1 aromatic carbocycles. The number of anilines is 1. The number of sulfonamides is 1. The number of nitrogens with zero attached hydrogens (tertiary/aromatic N) is 2. The standard InChI is InChI=1S/C14H16FN3O4S/c1-9-14(10(2)22-17-9)23(20,21)18(3)8-13(19)16-12-7-5-4-6-11(12)15/h4-7H,8H2,1-3H3,(H,16,19). The molecular formula is C14H16FN3O4S. The summed E-state index contributed by atoms with van der Waals surface area (Å²) in [6.07, 6.45) is 0. The van der Waals surface area contributed by atoms with Crippen LogP contribution in [-0.4, -0.2) is 37.4 Å². The number of carbonyl (C=O) groups excluding carboxylic acids is 1. The molecule has 9 heteroatoms. The number of benzene rings is 1. The van der Waals surface area contributed by atoms with E-state index in [1.807, 2.05) is 0 Å². The van der Waals surface area contributed by atoms with E-state index >= 15 is 0 Å². The minimum atomic E-state index is -3.93. The molecule has 1 N–H and O–H groups in total. The fourth-order valence-electron chi connectivity index (χ4n) is 2.04. The highest BCUT2D eigenvalue weighted by Crippen LogP contribution is 2.22. The van der Waals surface area contributed by atoms with Crippen molar-refractivity contribution in [3.05, 3.63) is 41.5 Å². The zero-order valence-electron chi connectivity index (χ0n) is 12.8. The molecule has 0 spiro atoms. The molecule has 1 heterocycles. The first-order chi connectivity index (χ1) is 10.7. The minimum Gasteiger partial charge on any atom is -0.360 e. The fraction of sp³-hybridized carbons (Fsp3) is 0.286. The van der Waals surface area contributed by atoms with Gasteiger partial charge in [-0.3, -0.25) is 4.79 Å². The molecule has 7 nitrogen and oxygen atoms in total. The summed E-state index contributed by atoms with van der Waals surface area (Å²) in [6, 6.07) is 5.62. The highest BCUT2D eigenvalue weighted by molar-refractivity contribution is 7.89. The SMILES string of the molecule is Cc1noc(C)c1S(=O)(=O)N(C)CC(=O)Nc1ccccc1F. The van der Waals surface area contributed by atoms with Gasteiger partial charge in [-0.05, 0) is 26.0 Å². The van der Waals surface area contributed by atoms with E-state index in [2.05, 4.69) is 10.5 Å². The number of para-hydroxylation sites is 1. The van der Waals surface area contributed by atoms with Crippen molar-refractivity contribution >= 4 is 21.6 Å². The lowest BCUT2D eigenvalue weighted by Gasteiger charge is -2.16. The summed E-state index contributed by atoms with van der Waals surface area (Å²) in [7, 11) is -2.68. The summed E-state index contributed by atoms with van der Waals surface area (Å²) >= 11 is 0. The number of hydrogen-bond donors (Lipinski definition) is 1. The van der Waals surface area contributed by atoms with Crippen molar-refractivity contribution in [1.82, 2.24) is 9.46 Å². The number of rotatable bonds is 5. The van der Waals surface area contributed by atoms with Crippen molar-refractivity contribution in [3.63, 3.8) is 0 Å². The Labute approximate surface area is 133 Å². The molecule has 0 aliphatic carbocycles. The second-order valence-electron chi connectivity index (χ2n) is 4.94. The van der Waals surface area contributed by atoms with Crippen LogP contribution in [0, 0.1) is 19.7 Å². The lowest BCUT2D eigenvalue weighted by molar-refractivity contribution is -0.116. The first-order valence-electron chi connectivity index (χ1n) is 6.67. The molecule has 0 saturated heterocycles. The van der Waals surface area contributed by atoms with Gasteiger partial charge in [-0.25, -0.2) is 12.8 Å². The summed E-state index contributed by atoms with van der Waals surface area (Å²) < 4.78 is 44.1. The summed E-state index contributed by atoms with van der Waals surface area (Å²) in [5.41, 5.74) is 0.199. The molecule has 124 valence electrons. The van der Waals surface area contributed by atoms with E-state index in [-0.39, 0.29) is 22.0 Å². The quantitative estimate of drug-likeness (QED) is 0.893. The Bertz CT molecular complexity index is 813. The molecule has 2 rings (SSSR count). The maximum atomic E-state index is 13.5. The van der Waals surface area contributed by atoms with Gasteiger partial charge in [0.15, 0.2) is 5.76 Å². The Morgan fingerprint density at radius 2 is 2.00 bits per heavy atom. The number of hydrogen-bond acceptors (Lipinski definition) is 5. The van der Waals surface area contributed by atoms with E-state index in [0.717, 1.165) is 4.31 Å². The van der Waals surface area contributed by atoms with E-state index in [0.29, 0.717) is 0 Å². The molecule has 0 fully saturated rings.